The van der Waals surface area contributed by atoms with Crippen LogP contribution in [-0.4, -0.2) is 5.25 Å². The Kier molecular flexibility index (Phi) is 3.14. The van der Waals surface area contributed by atoms with Crippen molar-refractivity contribution in [2.45, 2.75) is 52.2 Å². The number of hydrogen-bond acceptors (Lipinski definition) is 1. The van der Waals surface area contributed by atoms with Crippen LogP contribution in [0.5, 0.6) is 0 Å². The molecule has 12 heavy (non-hydrogen) atoms. The van der Waals surface area contributed by atoms with Crippen LogP contribution in [0.15, 0.2) is 0 Å². The lowest BCUT2D eigenvalue weighted by atomic mass is 9.76. The van der Waals surface area contributed by atoms with Crippen LogP contribution in [0.2, 0.25) is 0 Å². The molecule has 0 aliphatic heterocycles. The molecule has 1 saturated carbocycles. The third-order valence-corrected chi connectivity index (χ3v) is 4.76. The fourth-order valence-corrected chi connectivity index (χ4v) is 3.64. The van der Waals surface area contributed by atoms with Gasteiger partial charge in [-0.05, 0) is 23.7 Å². The van der Waals surface area contributed by atoms with Crippen molar-refractivity contribution in [3.63, 3.8) is 0 Å². The van der Waals surface area contributed by atoms with Gasteiger partial charge in [-0.2, -0.15) is 12.6 Å². The minimum absolute atomic E-state index is 0.563. The predicted octanol–water partition coefficient (Wildman–Crippen LogP) is 3.77. The Morgan fingerprint density at radius 2 is 2.00 bits per heavy atom. The number of rotatable bonds is 2. The van der Waals surface area contributed by atoms with E-state index in [1.807, 2.05) is 0 Å². The first kappa shape index (κ1) is 10.4. The van der Waals surface area contributed by atoms with E-state index < -0.39 is 0 Å². The SMILES string of the molecule is CCC1C(S)CC(C)(CC)C1C. The highest BCUT2D eigenvalue weighted by atomic mass is 32.1. The zero-order chi connectivity index (χ0) is 9.35. The molecule has 0 N–H and O–H groups in total. The van der Waals surface area contributed by atoms with E-state index in [0.29, 0.717) is 10.7 Å². The van der Waals surface area contributed by atoms with Crippen LogP contribution in [0.3, 0.4) is 0 Å². The van der Waals surface area contributed by atoms with E-state index in [1.54, 1.807) is 0 Å². The quantitative estimate of drug-likeness (QED) is 0.624. The van der Waals surface area contributed by atoms with Gasteiger partial charge in [-0.15, -0.1) is 0 Å². The van der Waals surface area contributed by atoms with Gasteiger partial charge in [0, 0.05) is 5.25 Å². The van der Waals surface area contributed by atoms with E-state index in [9.17, 15) is 0 Å². The van der Waals surface area contributed by atoms with Gasteiger partial charge in [0.05, 0.1) is 0 Å². The van der Waals surface area contributed by atoms with Gasteiger partial charge in [0.2, 0.25) is 0 Å². The van der Waals surface area contributed by atoms with Crippen molar-refractivity contribution in [2.75, 3.05) is 0 Å². The van der Waals surface area contributed by atoms with Gasteiger partial charge < -0.3 is 0 Å². The van der Waals surface area contributed by atoms with Crippen LogP contribution in [0.1, 0.15) is 47.0 Å². The Morgan fingerprint density at radius 3 is 2.25 bits per heavy atom. The van der Waals surface area contributed by atoms with Gasteiger partial charge in [-0.3, -0.25) is 0 Å². The Morgan fingerprint density at radius 1 is 1.42 bits per heavy atom. The normalized spacial score (nSPS) is 48.2. The van der Waals surface area contributed by atoms with E-state index in [1.165, 1.54) is 19.3 Å². The second kappa shape index (κ2) is 3.61. The van der Waals surface area contributed by atoms with Crippen LogP contribution in [0.4, 0.5) is 0 Å². The fourth-order valence-electron chi connectivity index (χ4n) is 2.76. The molecule has 1 heteroatoms. The lowest BCUT2D eigenvalue weighted by molar-refractivity contribution is 0.201. The lowest BCUT2D eigenvalue weighted by Gasteiger charge is -2.29. The molecule has 4 atom stereocenters. The standard InChI is InChI=1S/C11H22S/c1-5-9-8(3)11(4,6-2)7-10(9)12/h8-10,12H,5-7H2,1-4H3. The summed E-state index contributed by atoms with van der Waals surface area (Å²) in [5, 5.41) is 0.648. The van der Waals surface area contributed by atoms with Gasteiger partial charge in [0.25, 0.3) is 0 Å². The lowest BCUT2D eigenvalue weighted by Crippen LogP contribution is -2.21. The summed E-state index contributed by atoms with van der Waals surface area (Å²) in [6.07, 6.45) is 3.92. The van der Waals surface area contributed by atoms with Crippen molar-refractivity contribution >= 4 is 12.6 Å². The van der Waals surface area contributed by atoms with Crippen LogP contribution in [0.25, 0.3) is 0 Å². The molecule has 0 spiro atoms. The summed E-state index contributed by atoms with van der Waals surface area (Å²) in [5.74, 6) is 1.70. The Labute approximate surface area is 82.5 Å². The maximum atomic E-state index is 4.69. The van der Waals surface area contributed by atoms with Gasteiger partial charge in [-0.25, -0.2) is 0 Å². The Balaban J connectivity index is 2.74. The number of thiol groups is 1. The van der Waals surface area contributed by atoms with E-state index >= 15 is 0 Å². The van der Waals surface area contributed by atoms with Crippen LogP contribution >= 0.6 is 12.6 Å². The van der Waals surface area contributed by atoms with Crippen LogP contribution in [0, 0.1) is 17.3 Å². The highest BCUT2D eigenvalue weighted by Gasteiger charge is 2.44. The summed E-state index contributed by atoms with van der Waals surface area (Å²) in [4.78, 5) is 0. The molecule has 0 aromatic rings. The minimum atomic E-state index is 0.563. The molecule has 0 saturated heterocycles. The minimum Gasteiger partial charge on any atom is -0.176 e. The van der Waals surface area contributed by atoms with Crippen molar-refractivity contribution in [3.8, 4) is 0 Å². The van der Waals surface area contributed by atoms with Gasteiger partial charge in [0.15, 0.2) is 0 Å². The molecule has 1 aliphatic carbocycles. The predicted molar refractivity (Wildman–Crippen MR) is 58.7 cm³/mol. The van der Waals surface area contributed by atoms with Gasteiger partial charge >= 0.3 is 0 Å². The second-order valence-electron chi connectivity index (χ2n) is 4.64. The highest BCUT2D eigenvalue weighted by molar-refractivity contribution is 7.81. The largest absolute Gasteiger partial charge is 0.176 e. The zero-order valence-corrected chi connectivity index (χ0v) is 9.70. The molecule has 0 aromatic heterocycles. The fraction of sp³-hybridized carbons (Fsp3) is 1.00. The molecule has 0 nitrogen and oxygen atoms in total. The third kappa shape index (κ3) is 1.53. The molecule has 1 rings (SSSR count). The van der Waals surface area contributed by atoms with E-state index in [0.717, 1.165) is 11.8 Å². The summed E-state index contributed by atoms with van der Waals surface area (Å²) in [6.45, 7) is 9.45. The topological polar surface area (TPSA) is 0 Å². The average molecular weight is 186 g/mol. The summed E-state index contributed by atoms with van der Waals surface area (Å²) < 4.78 is 0. The molecule has 0 bridgehead atoms. The van der Waals surface area contributed by atoms with E-state index in [2.05, 4.69) is 27.7 Å². The molecular formula is C11H22S. The maximum absolute atomic E-state index is 4.69. The smallest absolute Gasteiger partial charge is 0.00530 e. The van der Waals surface area contributed by atoms with Crippen molar-refractivity contribution in [1.82, 2.24) is 0 Å². The molecule has 4 unspecified atom stereocenters. The first-order valence-corrected chi connectivity index (χ1v) is 5.75. The van der Waals surface area contributed by atoms with E-state index in [-0.39, 0.29) is 0 Å². The zero-order valence-electron chi connectivity index (χ0n) is 8.80. The average Bonchev–Trinajstić information content (AvgIpc) is 2.25. The molecule has 72 valence electrons. The van der Waals surface area contributed by atoms with Crippen molar-refractivity contribution in [2.24, 2.45) is 17.3 Å². The summed E-state index contributed by atoms with van der Waals surface area (Å²) in [6, 6.07) is 0. The van der Waals surface area contributed by atoms with Crippen LogP contribution in [-0.2, 0) is 0 Å². The summed E-state index contributed by atoms with van der Waals surface area (Å²) >= 11 is 4.69. The summed E-state index contributed by atoms with van der Waals surface area (Å²) in [7, 11) is 0. The van der Waals surface area contributed by atoms with Gasteiger partial charge in [0.1, 0.15) is 0 Å². The Hall–Kier alpha value is 0.350. The molecule has 1 aliphatic rings. The molecule has 0 heterocycles. The first-order valence-electron chi connectivity index (χ1n) is 5.23. The second-order valence-corrected chi connectivity index (χ2v) is 5.30. The molecule has 0 radical (unpaired) electrons. The summed E-state index contributed by atoms with van der Waals surface area (Å²) in [5.41, 5.74) is 0.563. The van der Waals surface area contributed by atoms with Gasteiger partial charge in [-0.1, -0.05) is 40.5 Å². The molecular weight excluding hydrogens is 164 g/mol. The monoisotopic (exact) mass is 186 g/mol. The van der Waals surface area contributed by atoms with E-state index in [4.69, 9.17) is 12.6 Å². The highest BCUT2D eigenvalue weighted by Crippen LogP contribution is 2.51. The molecule has 0 amide bonds. The molecule has 1 fully saturated rings. The van der Waals surface area contributed by atoms with Crippen molar-refractivity contribution in [1.29, 1.82) is 0 Å². The van der Waals surface area contributed by atoms with Crippen molar-refractivity contribution < 1.29 is 0 Å². The van der Waals surface area contributed by atoms with Crippen molar-refractivity contribution in [3.05, 3.63) is 0 Å². The maximum Gasteiger partial charge on any atom is 0.00530 e. The first-order chi connectivity index (χ1) is 5.55. The molecule has 0 aromatic carbocycles. The Bertz CT molecular complexity index is 155. The third-order valence-electron chi connectivity index (χ3n) is 4.19. The number of hydrogen-bond donors (Lipinski definition) is 1. The van der Waals surface area contributed by atoms with Crippen LogP contribution < -0.4 is 0 Å².